The standard InChI is InChI=1S/C12H15N3O2/c1-12(2)16-8-10(17-12)7-14-11-5-3-4-9(6-13)15-11/h3-5,10H,7-8H2,1-2H3,(H,14,15). The summed E-state index contributed by atoms with van der Waals surface area (Å²) in [7, 11) is 0. The van der Waals surface area contributed by atoms with Gasteiger partial charge in [0.2, 0.25) is 0 Å². The van der Waals surface area contributed by atoms with Gasteiger partial charge in [-0.3, -0.25) is 0 Å². The zero-order chi connectivity index (χ0) is 12.3. The average Bonchev–Trinajstić information content (AvgIpc) is 2.67. The molecule has 1 aliphatic rings. The Balaban J connectivity index is 1.88. The van der Waals surface area contributed by atoms with Gasteiger partial charge in [0, 0.05) is 6.54 Å². The Bertz CT molecular complexity index is 440. The summed E-state index contributed by atoms with van der Waals surface area (Å²) in [4.78, 5) is 4.12. The summed E-state index contributed by atoms with van der Waals surface area (Å²) < 4.78 is 11.1. The van der Waals surface area contributed by atoms with E-state index < -0.39 is 5.79 Å². The van der Waals surface area contributed by atoms with Crippen molar-refractivity contribution in [2.24, 2.45) is 0 Å². The Hall–Kier alpha value is -1.64. The van der Waals surface area contributed by atoms with Crippen LogP contribution in [0.1, 0.15) is 19.5 Å². The molecule has 5 nitrogen and oxygen atoms in total. The van der Waals surface area contributed by atoms with E-state index in [0.717, 1.165) is 0 Å². The van der Waals surface area contributed by atoms with Crippen LogP contribution < -0.4 is 5.32 Å². The minimum atomic E-state index is -0.506. The van der Waals surface area contributed by atoms with Crippen molar-refractivity contribution in [1.29, 1.82) is 5.26 Å². The van der Waals surface area contributed by atoms with Crippen LogP contribution in [-0.4, -0.2) is 30.0 Å². The van der Waals surface area contributed by atoms with Gasteiger partial charge in [0.05, 0.1) is 6.61 Å². The first-order valence-corrected chi connectivity index (χ1v) is 5.52. The van der Waals surface area contributed by atoms with Gasteiger partial charge in [-0.15, -0.1) is 0 Å². The van der Waals surface area contributed by atoms with Gasteiger partial charge in [0.15, 0.2) is 5.79 Å². The molecule has 1 N–H and O–H groups in total. The first-order chi connectivity index (χ1) is 8.09. The number of pyridine rings is 1. The molecule has 1 aromatic rings. The van der Waals surface area contributed by atoms with E-state index in [0.29, 0.717) is 24.7 Å². The smallest absolute Gasteiger partial charge is 0.163 e. The maximum absolute atomic E-state index is 8.73. The lowest BCUT2D eigenvalue weighted by Gasteiger charge is -2.17. The Morgan fingerprint density at radius 2 is 2.41 bits per heavy atom. The van der Waals surface area contributed by atoms with E-state index in [1.54, 1.807) is 12.1 Å². The largest absolute Gasteiger partial charge is 0.367 e. The Morgan fingerprint density at radius 3 is 3.06 bits per heavy atom. The van der Waals surface area contributed by atoms with Crippen LogP contribution in [0, 0.1) is 11.3 Å². The van der Waals surface area contributed by atoms with E-state index in [-0.39, 0.29) is 6.10 Å². The molecular formula is C12H15N3O2. The topological polar surface area (TPSA) is 67.2 Å². The molecule has 1 atom stereocenters. The summed E-state index contributed by atoms with van der Waals surface area (Å²) in [6, 6.07) is 7.29. The monoisotopic (exact) mass is 233 g/mol. The van der Waals surface area contributed by atoms with E-state index in [1.807, 2.05) is 26.0 Å². The number of hydrogen-bond acceptors (Lipinski definition) is 5. The predicted octanol–water partition coefficient (Wildman–Crippen LogP) is 1.52. The van der Waals surface area contributed by atoms with Crippen molar-refractivity contribution in [2.75, 3.05) is 18.5 Å². The van der Waals surface area contributed by atoms with Crippen molar-refractivity contribution >= 4 is 5.82 Å². The van der Waals surface area contributed by atoms with Gasteiger partial charge >= 0.3 is 0 Å². The molecule has 0 aliphatic carbocycles. The number of nitrogens with zero attached hydrogens (tertiary/aromatic N) is 2. The van der Waals surface area contributed by atoms with Crippen LogP contribution in [0.5, 0.6) is 0 Å². The maximum atomic E-state index is 8.73. The molecule has 1 aliphatic heterocycles. The van der Waals surface area contributed by atoms with Crippen LogP contribution in [0.2, 0.25) is 0 Å². The van der Waals surface area contributed by atoms with Gasteiger partial charge in [-0.25, -0.2) is 4.98 Å². The molecule has 0 saturated carbocycles. The van der Waals surface area contributed by atoms with Crippen LogP contribution >= 0.6 is 0 Å². The summed E-state index contributed by atoms with van der Waals surface area (Å²) in [6.07, 6.45) is 0.0116. The van der Waals surface area contributed by atoms with Crippen molar-refractivity contribution in [3.63, 3.8) is 0 Å². The SMILES string of the molecule is CC1(C)OCC(CNc2cccc(C#N)n2)O1. The second-order valence-electron chi connectivity index (χ2n) is 4.35. The lowest BCUT2D eigenvalue weighted by Crippen LogP contribution is -2.26. The van der Waals surface area contributed by atoms with E-state index in [2.05, 4.69) is 10.3 Å². The van der Waals surface area contributed by atoms with Gasteiger partial charge in [0.25, 0.3) is 0 Å². The van der Waals surface area contributed by atoms with Gasteiger partial charge < -0.3 is 14.8 Å². The Labute approximate surface area is 100 Å². The number of nitrogens with one attached hydrogen (secondary N) is 1. The molecule has 0 bridgehead atoms. The predicted molar refractivity (Wildman–Crippen MR) is 62.3 cm³/mol. The van der Waals surface area contributed by atoms with Crippen LogP contribution in [0.4, 0.5) is 5.82 Å². The fourth-order valence-electron chi connectivity index (χ4n) is 1.68. The van der Waals surface area contributed by atoms with Crippen molar-refractivity contribution in [1.82, 2.24) is 4.98 Å². The third-order valence-corrected chi connectivity index (χ3v) is 2.44. The molecule has 2 heterocycles. The summed E-state index contributed by atoms with van der Waals surface area (Å²) in [6.45, 7) is 4.96. The van der Waals surface area contributed by atoms with Crippen molar-refractivity contribution in [2.45, 2.75) is 25.7 Å². The first kappa shape index (κ1) is 11.8. The molecule has 1 fully saturated rings. The second-order valence-corrected chi connectivity index (χ2v) is 4.35. The number of ether oxygens (including phenoxy) is 2. The fourth-order valence-corrected chi connectivity index (χ4v) is 1.68. The number of hydrogen-bond donors (Lipinski definition) is 1. The normalized spacial score (nSPS) is 22.1. The van der Waals surface area contributed by atoms with Crippen LogP contribution in [-0.2, 0) is 9.47 Å². The third kappa shape index (κ3) is 3.16. The highest BCUT2D eigenvalue weighted by molar-refractivity contribution is 5.38. The molecule has 0 aromatic carbocycles. The maximum Gasteiger partial charge on any atom is 0.163 e. The van der Waals surface area contributed by atoms with Gasteiger partial charge in [-0.1, -0.05) is 6.07 Å². The summed E-state index contributed by atoms with van der Waals surface area (Å²) in [5.74, 6) is 0.172. The second kappa shape index (κ2) is 4.70. The van der Waals surface area contributed by atoms with Gasteiger partial charge in [-0.05, 0) is 26.0 Å². The minimum absolute atomic E-state index is 0.0116. The molecule has 1 aromatic heterocycles. The van der Waals surface area contributed by atoms with Crippen LogP contribution in [0.25, 0.3) is 0 Å². The molecule has 90 valence electrons. The highest BCUT2D eigenvalue weighted by Gasteiger charge is 2.32. The zero-order valence-corrected chi connectivity index (χ0v) is 9.93. The highest BCUT2D eigenvalue weighted by Crippen LogP contribution is 2.22. The third-order valence-electron chi connectivity index (χ3n) is 2.44. The molecule has 1 unspecified atom stereocenters. The average molecular weight is 233 g/mol. The molecule has 0 radical (unpaired) electrons. The van der Waals surface area contributed by atoms with E-state index >= 15 is 0 Å². The van der Waals surface area contributed by atoms with Crippen molar-refractivity contribution in [3.8, 4) is 6.07 Å². The van der Waals surface area contributed by atoms with E-state index in [4.69, 9.17) is 14.7 Å². The van der Waals surface area contributed by atoms with Gasteiger partial charge in [0.1, 0.15) is 23.7 Å². The van der Waals surface area contributed by atoms with Gasteiger partial charge in [-0.2, -0.15) is 5.26 Å². The first-order valence-electron chi connectivity index (χ1n) is 5.52. The molecule has 0 amide bonds. The van der Waals surface area contributed by atoms with Crippen LogP contribution in [0.3, 0.4) is 0 Å². The fraction of sp³-hybridized carbons (Fsp3) is 0.500. The molecule has 1 saturated heterocycles. The summed E-state index contributed by atoms with van der Waals surface area (Å²) in [5.41, 5.74) is 0.402. The zero-order valence-electron chi connectivity index (χ0n) is 9.93. The molecule has 2 rings (SSSR count). The Morgan fingerprint density at radius 1 is 1.59 bits per heavy atom. The number of anilines is 1. The molecular weight excluding hydrogens is 218 g/mol. The Kier molecular flexibility index (Phi) is 3.27. The highest BCUT2D eigenvalue weighted by atomic mass is 16.7. The lowest BCUT2D eigenvalue weighted by molar-refractivity contribution is -0.136. The van der Waals surface area contributed by atoms with Crippen molar-refractivity contribution < 1.29 is 9.47 Å². The summed E-state index contributed by atoms with van der Waals surface area (Å²) >= 11 is 0. The number of rotatable bonds is 3. The molecule has 17 heavy (non-hydrogen) atoms. The van der Waals surface area contributed by atoms with E-state index in [1.165, 1.54) is 0 Å². The molecule has 5 heteroatoms. The number of nitriles is 1. The lowest BCUT2D eigenvalue weighted by atomic mass is 10.3. The summed E-state index contributed by atoms with van der Waals surface area (Å²) in [5, 5.41) is 11.9. The quantitative estimate of drug-likeness (QED) is 0.857. The molecule has 0 spiro atoms. The van der Waals surface area contributed by atoms with Crippen LogP contribution in [0.15, 0.2) is 18.2 Å². The van der Waals surface area contributed by atoms with E-state index in [9.17, 15) is 0 Å². The minimum Gasteiger partial charge on any atom is -0.367 e. The number of aromatic nitrogens is 1. The van der Waals surface area contributed by atoms with Crippen molar-refractivity contribution in [3.05, 3.63) is 23.9 Å².